The number of anilines is 1. The lowest BCUT2D eigenvalue weighted by Crippen LogP contribution is -2.21. The summed E-state index contributed by atoms with van der Waals surface area (Å²) in [6, 6.07) is 0. The van der Waals surface area contributed by atoms with Crippen LogP contribution in [-0.4, -0.2) is 36.3 Å². The molecular weight excluding hydrogens is 258 g/mol. The van der Waals surface area contributed by atoms with Crippen LogP contribution in [0.25, 0.3) is 0 Å². The van der Waals surface area contributed by atoms with Gasteiger partial charge in [0, 0.05) is 37.3 Å². The Morgan fingerprint density at radius 1 is 1.42 bits per heavy atom. The van der Waals surface area contributed by atoms with Crippen molar-refractivity contribution in [1.29, 1.82) is 0 Å². The van der Waals surface area contributed by atoms with Gasteiger partial charge in [0.15, 0.2) is 5.13 Å². The number of aliphatic hydroxyl groups excluding tert-OH is 1. The Kier molecular flexibility index (Phi) is 8.02. The van der Waals surface area contributed by atoms with Gasteiger partial charge in [-0.15, -0.1) is 11.3 Å². The first-order chi connectivity index (χ1) is 9.21. The molecule has 1 heterocycles. The van der Waals surface area contributed by atoms with E-state index in [4.69, 9.17) is 5.11 Å². The molecule has 5 heteroatoms. The molecule has 1 aromatic rings. The zero-order chi connectivity index (χ0) is 14.1. The third-order valence-electron chi connectivity index (χ3n) is 3.24. The predicted octanol–water partition coefficient (Wildman–Crippen LogP) is 2.49. The van der Waals surface area contributed by atoms with Gasteiger partial charge in [-0.05, 0) is 39.2 Å². The number of nitrogens with one attached hydrogen (secondary N) is 1. The SMILES string of the molecule is CCN(CC)c1ncc(CNCCCC(C)CO)s1. The fraction of sp³-hybridized carbons (Fsp3) is 0.786. The molecule has 0 bridgehead atoms. The first-order valence-electron chi connectivity index (χ1n) is 7.22. The molecule has 0 saturated heterocycles. The van der Waals surface area contributed by atoms with Crippen molar-refractivity contribution in [1.82, 2.24) is 10.3 Å². The van der Waals surface area contributed by atoms with Gasteiger partial charge in [-0.2, -0.15) is 0 Å². The summed E-state index contributed by atoms with van der Waals surface area (Å²) in [7, 11) is 0. The molecule has 0 aliphatic carbocycles. The average Bonchev–Trinajstić information content (AvgIpc) is 2.88. The Balaban J connectivity index is 2.23. The van der Waals surface area contributed by atoms with Crippen LogP contribution in [-0.2, 0) is 6.54 Å². The topological polar surface area (TPSA) is 48.4 Å². The molecular formula is C14H27N3OS. The first-order valence-corrected chi connectivity index (χ1v) is 8.04. The van der Waals surface area contributed by atoms with Gasteiger partial charge < -0.3 is 15.3 Å². The normalized spacial score (nSPS) is 12.6. The molecule has 1 rings (SSSR count). The molecule has 1 atom stereocenters. The van der Waals surface area contributed by atoms with Crippen molar-refractivity contribution in [3.05, 3.63) is 11.1 Å². The second kappa shape index (κ2) is 9.28. The minimum absolute atomic E-state index is 0.294. The Labute approximate surface area is 120 Å². The Bertz CT molecular complexity index is 339. The summed E-state index contributed by atoms with van der Waals surface area (Å²) in [5.74, 6) is 0.416. The van der Waals surface area contributed by atoms with E-state index < -0.39 is 0 Å². The van der Waals surface area contributed by atoms with Crippen molar-refractivity contribution in [2.24, 2.45) is 5.92 Å². The molecule has 0 aliphatic rings. The van der Waals surface area contributed by atoms with Gasteiger partial charge in [0.2, 0.25) is 0 Å². The van der Waals surface area contributed by atoms with Crippen LogP contribution in [0.5, 0.6) is 0 Å². The van der Waals surface area contributed by atoms with Crippen LogP contribution in [0.15, 0.2) is 6.20 Å². The van der Waals surface area contributed by atoms with Crippen LogP contribution >= 0.6 is 11.3 Å². The fourth-order valence-corrected chi connectivity index (χ4v) is 2.90. The molecule has 4 nitrogen and oxygen atoms in total. The van der Waals surface area contributed by atoms with Gasteiger partial charge in [0.25, 0.3) is 0 Å². The first kappa shape index (κ1) is 16.4. The number of rotatable bonds is 10. The summed E-state index contributed by atoms with van der Waals surface area (Å²) < 4.78 is 0. The van der Waals surface area contributed by atoms with E-state index in [-0.39, 0.29) is 0 Å². The van der Waals surface area contributed by atoms with E-state index in [1.165, 1.54) is 4.88 Å². The van der Waals surface area contributed by atoms with E-state index in [1.54, 1.807) is 11.3 Å². The number of hydrogen-bond acceptors (Lipinski definition) is 5. The summed E-state index contributed by atoms with van der Waals surface area (Å²) in [5, 5.41) is 13.5. The monoisotopic (exact) mass is 285 g/mol. The van der Waals surface area contributed by atoms with Gasteiger partial charge in [0.05, 0.1) is 0 Å². The molecule has 110 valence electrons. The van der Waals surface area contributed by atoms with Crippen molar-refractivity contribution in [2.45, 2.75) is 40.2 Å². The molecule has 19 heavy (non-hydrogen) atoms. The summed E-state index contributed by atoms with van der Waals surface area (Å²) in [6.07, 6.45) is 4.17. The number of aliphatic hydroxyl groups is 1. The lowest BCUT2D eigenvalue weighted by atomic mass is 10.1. The smallest absolute Gasteiger partial charge is 0.185 e. The summed E-state index contributed by atoms with van der Waals surface area (Å²) >= 11 is 1.77. The third-order valence-corrected chi connectivity index (χ3v) is 4.29. The van der Waals surface area contributed by atoms with Crippen molar-refractivity contribution in [2.75, 3.05) is 31.1 Å². The molecule has 0 aliphatic heterocycles. The Hall–Kier alpha value is -0.650. The zero-order valence-corrected chi connectivity index (χ0v) is 13.2. The van der Waals surface area contributed by atoms with Crippen LogP contribution in [0.1, 0.15) is 38.5 Å². The average molecular weight is 285 g/mol. The number of hydrogen-bond donors (Lipinski definition) is 2. The largest absolute Gasteiger partial charge is 0.396 e. The highest BCUT2D eigenvalue weighted by Crippen LogP contribution is 2.21. The molecule has 1 unspecified atom stereocenters. The Morgan fingerprint density at radius 3 is 2.79 bits per heavy atom. The molecule has 0 amide bonds. The minimum Gasteiger partial charge on any atom is -0.396 e. The maximum atomic E-state index is 8.94. The van der Waals surface area contributed by atoms with Crippen molar-refractivity contribution in [3.8, 4) is 0 Å². The van der Waals surface area contributed by atoms with Crippen molar-refractivity contribution in [3.63, 3.8) is 0 Å². The van der Waals surface area contributed by atoms with E-state index in [2.05, 4.69) is 36.0 Å². The van der Waals surface area contributed by atoms with Gasteiger partial charge in [-0.25, -0.2) is 4.98 Å². The van der Waals surface area contributed by atoms with E-state index >= 15 is 0 Å². The molecule has 0 radical (unpaired) electrons. The maximum absolute atomic E-state index is 8.94. The van der Waals surface area contributed by atoms with Gasteiger partial charge >= 0.3 is 0 Å². The number of aromatic nitrogens is 1. The van der Waals surface area contributed by atoms with E-state index in [0.29, 0.717) is 12.5 Å². The van der Waals surface area contributed by atoms with Crippen LogP contribution in [0, 0.1) is 5.92 Å². The molecule has 2 N–H and O–H groups in total. The van der Waals surface area contributed by atoms with Crippen molar-refractivity contribution >= 4 is 16.5 Å². The molecule has 0 saturated carbocycles. The van der Waals surface area contributed by atoms with Crippen molar-refractivity contribution < 1.29 is 5.11 Å². The minimum atomic E-state index is 0.294. The van der Waals surface area contributed by atoms with Crippen LogP contribution in [0.2, 0.25) is 0 Å². The lowest BCUT2D eigenvalue weighted by molar-refractivity contribution is 0.228. The van der Waals surface area contributed by atoms with E-state index in [9.17, 15) is 0 Å². The highest BCUT2D eigenvalue weighted by Gasteiger charge is 2.07. The van der Waals surface area contributed by atoms with Crippen LogP contribution in [0.4, 0.5) is 5.13 Å². The standard InChI is InChI=1S/C14H27N3OS/c1-4-17(5-2)14-16-10-13(19-14)9-15-8-6-7-12(3)11-18/h10,12,15,18H,4-9,11H2,1-3H3. The third kappa shape index (κ3) is 5.89. The summed E-state index contributed by atoms with van der Waals surface area (Å²) in [4.78, 5) is 8.03. The molecule has 0 aromatic carbocycles. The molecule has 1 aromatic heterocycles. The number of nitrogens with zero attached hydrogens (tertiary/aromatic N) is 2. The fourth-order valence-electron chi connectivity index (χ4n) is 1.90. The summed E-state index contributed by atoms with van der Waals surface area (Å²) in [6.45, 7) is 10.6. The summed E-state index contributed by atoms with van der Waals surface area (Å²) in [5.41, 5.74) is 0. The number of thiazole rings is 1. The lowest BCUT2D eigenvalue weighted by Gasteiger charge is -2.16. The van der Waals surface area contributed by atoms with E-state index in [1.807, 2.05) is 6.20 Å². The van der Waals surface area contributed by atoms with Gasteiger partial charge in [-0.3, -0.25) is 0 Å². The van der Waals surface area contributed by atoms with Gasteiger partial charge in [0.1, 0.15) is 0 Å². The highest BCUT2D eigenvalue weighted by atomic mass is 32.1. The maximum Gasteiger partial charge on any atom is 0.185 e. The van der Waals surface area contributed by atoms with E-state index in [0.717, 1.165) is 44.2 Å². The second-order valence-electron chi connectivity index (χ2n) is 4.89. The van der Waals surface area contributed by atoms with Crippen LogP contribution < -0.4 is 10.2 Å². The van der Waals surface area contributed by atoms with Gasteiger partial charge in [-0.1, -0.05) is 6.92 Å². The quantitative estimate of drug-likeness (QED) is 0.649. The van der Waals surface area contributed by atoms with Crippen LogP contribution in [0.3, 0.4) is 0 Å². The predicted molar refractivity (Wildman–Crippen MR) is 82.9 cm³/mol. The second-order valence-corrected chi connectivity index (χ2v) is 5.98. The zero-order valence-electron chi connectivity index (χ0n) is 12.4. The Morgan fingerprint density at radius 2 is 2.16 bits per heavy atom. The molecule has 0 fully saturated rings. The highest BCUT2D eigenvalue weighted by molar-refractivity contribution is 7.15. The molecule has 0 spiro atoms.